The summed E-state index contributed by atoms with van der Waals surface area (Å²) < 4.78 is 4.57. The Morgan fingerprint density at radius 3 is 2.79 bits per heavy atom. The number of thioether (sulfide) groups is 1. The fraction of sp³-hybridized carbons (Fsp3) is 0.700. The fourth-order valence-corrected chi connectivity index (χ4v) is 1.12. The molecule has 0 aromatic heterocycles. The standard InChI is InChI=1S/C10H19NO2S/c1-8(10(12)13-3)5-6-11-7-9(2)14-4/h5,9,11H,6-7H2,1-4H3. The van der Waals surface area contributed by atoms with Crippen molar-refractivity contribution in [1.82, 2.24) is 5.32 Å². The third kappa shape index (κ3) is 6.05. The topological polar surface area (TPSA) is 38.3 Å². The molecule has 1 N–H and O–H groups in total. The van der Waals surface area contributed by atoms with Crippen LogP contribution in [0.25, 0.3) is 0 Å². The van der Waals surface area contributed by atoms with Crippen LogP contribution in [0.4, 0.5) is 0 Å². The van der Waals surface area contributed by atoms with Crippen molar-refractivity contribution in [1.29, 1.82) is 0 Å². The van der Waals surface area contributed by atoms with Crippen LogP contribution in [-0.4, -0.2) is 37.7 Å². The molecule has 0 saturated heterocycles. The number of hydrogen-bond donors (Lipinski definition) is 1. The lowest BCUT2D eigenvalue weighted by Crippen LogP contribution is -2.23. The Hall–Kier alpha value is -0.480. The van der Waals surface area contributed by atoms with Crippen LogP contribution >= 0.6 is 11.8 Å². The van der Waals surface area contributed by atoms with Crippen molar-refractivity contribution in [2.75, 3.05) is 26.5 Å². The van der Waals surface area contributed by atoms with E-state index < -0.39 is 0 Å². The van der Waals surface area contributed by atoms with Crippen LogP contribution < -0.4 is 5.32 Å². The number of carbonyl (C=O) groups is 1. The van der Waals surface area contributed by atoms with Gasteiger partial charge in [0.1, 0.15) is 0 Å². The minimum atomic E-state index is -0.260. The average Bonchev–Trinajstić information content (AvgIpc) is 2.22. The third-order valence-corrected chi connectivity index (χ3v) is 2.87. The molecule has 0 aromatic rings. The molecule has 3 nitrogen and oxygen atoms in total. The summed E-state index contributed by atoms with van der Waals surface area (Å²) in [6.07, 6.45) is 3.93. The quantitative estimate of drug-likeness (QED) is 0.415. The highest BCUT2D eigenvalue weighted by atomic mass is 32.2. The number of hydrogen-bond acceptors (Lipinski definition) is 4. The molecule has 0 saturated carbocycles. The van der Waals surface area contributed by atoms with Crippen LogP contribution in [-0.2, 0) is 9.53 Å². The van der Waals surface area contributed by atoms with Gasteiger partial charge in [0.15, 0.2) is 0 Å². The first-order chi connectivity index (χ1) is 6.61. The lowest BCUT2D eigenvalue weighted by Gasteiger charge is -2.07. The molecule has 1 atom stereocenters. The first kappa shape index (κ1) is 13.5. The molecule has 0 fully saturated rings. The van der Waals surface area contributed by atoms with E-state index >= 15 is 0 Å². The zero-order valence-corrected chi connectivity index (χ0v) is 10.1. The smallest absolute Gasteiger partial charge is 0.333 e. The molecule has 4 heteroatoms. The molecule has 0 aliphatic carbocycles. The number of carbonyl (C=O) groups excluding carboxylic acids is 1. The Kier molecular flexibility index (Phi) is 7.61. The normalized spacial score (nSPS) is 13.9. The Morgan fingerprint density at radius 1 is 1.64 bits per heavy atom. The van der Waals surface area contributed by atoms with Gasteiger partial charge in [0.2, 0.25) is 0 Å². The van der Waals surface area contributed by atoms with Crippen LogP contribution in [0.15, 0.2) is 11.6 Å². The fourth-order valence-electron chi connectivity index (χ4n) is 0.840. The van der Waals surface area contributed by atoms with Gasteiger partial charge in [-0.25, -0.2) is 4.79 Å². The van der Waals surface area contributed by atoms with E-state index in [2.05, 4.69) is 23.2 Å². The summed E-state index contributed by atoms with van der Waals surface area (Å²) in [4.78, 5) is 11.0. The summed E-state index contributed by atoms with van der Waals surface area (Å²) in [5.74, 6) is -0.260. The van der Waals surface area contributed by atoms with E-state index in [1.165, 1.54) is 7.11 Å². The second-order valence-electron chi connectivity index (χ2n) is 3.08. The minimum absolute atomic E-state index is 0.260. The Balaban J connectivity index is 3.66. The predicted molar refractivity (Wildman–Crippen MR) is 61.6 cm³/mol. The number of ether oxygens (including phenoxy) is 1. The van der Waals surface area contributed by atoms with Crippen molar-refractivity contribution in [3.8, 4) is 0 Å². The molecule has 14 heavy (non-hydrogen) atoms. The summed E-state index contributed by atoms with van der Waals surface area (Å²) in [5.41, 5.74) is 0.650. The monoisotopic (exact) mass is 217 g/mol. The number of methoxy groups -OCH3 is 1. The van der Waals surface area contributed by atoms with Crippen molar-refractivity contribution in [3.05, 3.63) is 11.6 Å². The molecule has 1 unspecified atom stereocenters. The Morgan fingerprint density at radius 2 is 2.29 bits per heavy atom. The lowest BCUT2D eigenvalue weighted by molar-refractivity contribution is -0.136. The Labute approximate surface area is 90.3 Å². The van der Waals surface area contributed by atoms with Crippen molar-refractivity contribution < 1.29 is 9.53 Å². The molecule has 0 spiro atoms. The Bertz CT molecular complexity index is 204. The van der Waals surface area contributed by atoms with E-state index in [-0.39, 0.29) is 5.97 Å². The highest BCUT2D eigenvalue weighted by molar-refractivity contribution is 7.99. The number of esters is 1. The molecule has 0 aliphatic rings. The van der Waals surface area contributed by atoms with Crippen LogP contribution in [0.1, 0.15) is 13.8 Å². The highest BCUT2D eigenvalue weighted by Gasteiger charge is 2.01. The van der Waals surface area contributed by atoms with Gasteiger partial charge in [-0.3, -0.25) is 0 Å². The van der Waals surface area contributed by atoms with Gasteiger partial charge in [-0.15, -0.1) is 0 Å². The van der Waals surface area contributed by atoms with E-state index in [0.29, 0.717) is 17.4 Å². The number of rotatable bonds is 6. The van der Waals surface area contributed by atoms with E-state index in [0.717, 1.165) is 6.54 Å². The molecule has 82 valence electrons. The SMILES string of the molecule is COC(=O)C(C)=CCNCC(C)SC. The third-order valence-electron chi connectivity index (χ3n) is 1.89. The second kappa shape index (κ2) is 7.88. The summed E-state index contributed by atoms with van der Waals surface area (Å²) in [6, 6.07) is 0. The van der Waals surface area contributed by atoms with E-state index in [4.69, 9.17) is 0 Å². The molecular weight excluding hydrogens is 198 g/mol. The molecule has 0 aliphatic heterocycles. The van der Waals surface area contributed by atoms with Crippen molar-refractivity contribution in [2.45, 2.75) is 19.1 Å². The largest absolute Gasteiger partial charge is 0.466 e. The van der Waals surface area contributed by atoms with Crippen molar-refractivity contribution >= 4 is 17.7 Å². The van der Waals surface area contributed by atoms with Crippen LogP contribution in [0.2, 0.25) is 0 Å². The van der Waals surface area contributed by atoms with Gasteiger partial charge in [0.05, 0.1) is 7.11 Å². The van der Waals surface area contributed by atoms with Crippen LogP contribution in [0, 0.1) is 0 Å². The maximum Gasteiger partial charge on any atom is 0.333 e. The molecule has 0 radical (unpaired) electrons. The van der Waals surface area contributed by atoms with Gasteiger partial charge in [-0.1, -0.05) is 13.0 Å². The van der Waals surface area contributed by atoms with Gasteiger partial charge in [0.25, 0.3) is 0 Å². The first-order valence-corrected chi connectivity index (χ1v) is 5.89. The maximum atomic E-state index is 11.0. The van der Waals surface area contributed by atoms with Gasteiger partial charge in [0, 0.05) is 23.9 Å². The molecule has 0 aromatic carbocycles. The molecule has 0 rings (SSSR count). The molecule has 0 amide bonds. The van der Waals surface area contributed by atoms with Crippen molar-refractivity contribution in [3.63, 3.8) is 0 Å². The summed E-state index contributed by atoms with van der Waals surface area (Å²) in [6.45, 7) is 5.58. The lowest BCUT2D eigenvalue weighted by atomic mass is 10.3. The minimum Gasteiger partial charge on any atom is -0.466 e. The van der Waals surface area contributed by atoms with Gasteiger partial charge in [-0.2, -0.15) is 11.8 Å². The van der Waals surface area contributed by atoms with E-state index in [9.17, 15) is 4.79 Å². The summed E-state index contributed by atoms with van der Waals surface area (Å²) >= 11 is 1.82. The average molecular weight is 217 g/mol. The number of nitrogens with one attached hydrogen (secondary N) is 1. The van der Waals surface area contributed by atoms with Crippen LogP contribution in [0.3, 0.4) is 0 Å². The van der Waals surface area contributed by atoms with Gasteiger partial charge >= 0.3 is 5.97 Å². The van der Waals surface area contributed by atoms with Gasteiger partial charge in [-0.05, 0) is 13.2 Å². The second-order valence-corrected chi connectivity index (χ2v) is 4.36. The zero-order valence-electron chi connectivity index (χ0n) is 9.29. The van der Waals surface area contributed by atoms with Crippen molar-refractivity contribution in [2.24, 2.45) is 0 Å². The molecule has 0 bridgehead atoms. The highest BCUT2D eigenvalue weighted by Crippen LogP contribution is 2.02. The van der Waals surface area contributed by atoms with E-state index in [1.54, 1.807) is 6.92 Å². The van der Waals surface area contributed by atoms with E-state index in [1.807, 2.05) is 17.8 Å². The summed E-state index contributed by atoms with van der Waals surface area (Å²) in [7, 11) is 1.39. The molecular formula is C10H19NO2S. The zero-order chi connectivity index (χ0) is 11.0. The maximum absolute atomic E-state index is 11.0. The van der Waals surface area contributed by atoms with Gasteiger partial charge < -0.3 is 10.1 Å². The predicted octanol–water partition coefficient (Wildman–Crippen LogP) is 1.45. The summed E-state index contributed by atoms with van der Waals surface area (Å²) in [5, 5.41) is 3.84. The molecule has 0 heterocycles. The first-order valence-electron chi connectivity index (χ1n) is 4.60. The van der Waals surface area contributed by atoms with Crippen LogP contribution in [0.5, 0.6) is 0 Å².